The summed E-state index contributed by atoms with van der Waals surface area (Å²) in [7, 11) is 0. The van der Waals surface area contributed by atoms with Crippen LogP contribution in [0.25, 0.3) is 0 Å². The van der Waals surface area contributed by atoms with Gasteiger partial charge in [-0.05, 0) is 38.3 Å². The predicted molar refractivity (Wildman–Crippen MR) is 149 cm³/mol. The van der Waals surface area contributed by atoms with Gasteiger partial charge in [-0.25, -0.2) is 14.2 Å². The Morgan fingerprint density at radius 3 is 2.00 bits per heavy atom. The third-order valence-electron chi connectivity index (χ3n) is 6.82. The molecule has 0 bridgehead atoms. The maximum Gasteiger partial charge on any atom is 0.411 e. The SMILES string of the molecule is CC(C)(C)OC(=O)N1CCOCC1(c1ccc(N=C(c2ccccc2)c2ccccc2)cc1F)C(C)(C)C. The standard InChI is InChI=1S/C32H37FN2O3/c1-30(2,3)32(22-37-20-19-35(32)29(36)38-31(4,5)6)26-18-17-25(21-27(26)33)34-28(23-13-9-7-10-14-23)24-15-11-8-12-16-24/h7-18,21H,19-20,22H2,1-6H3. The number of ether oxygens (including phenoxy) is 2. The molecule has 1 aliphatic heterocycles. The monoisotopic (exact) mass is 516 g/mol. The summed E-state index contributed by atoms with van der Waals surface area (Å²) in [5.74, 6) is -0.444. The molecule has 1 heterocycles. The molecular formula is C32H37FN2O3. The summed E-state index contributed by atoms with van der Waals surface area (Å²) >= 11 is 0. The first-order valence-corrected chi connectivity index (χ1v) is 13.0. The van der Waals surface area contributed by atoms with Gasteiger partial charge in [-0.15, -0.1) is 0 Å². The fraction of sp³-hybridized carbons (Fsp3) is 0.375. The zero-order valence-corrected chi connectivity index (χ0v) is 23.1. The Balaban J connectivity index is 1.82. The molecule has 4 rings (SSSR count). The number of carbonyl (C=O) groups is 1. The first kappa shape index (κ1) is 27.5. The van der Waals surface area contributed by atoms with Gasteiger partial charge >= 0.3 is 6.09 Å². The van der Waals surface area contributed by atoms with Crippen molar-refractivity contribution in [3.63, 3.8) is 0 Å². The summed E-state index contributed by atoms with van der Waals surface area (Å²) in [6.07, 6.45) is -0.479. The molecule has 0 saturated carbocycles. The van der Waals surface area contributed by atoms with E-state index in [2.05, 4.69) is 0 Å². The number of rotatable bonds is 4. The minimum atomic E-state index is -1.07. The molecule has 1 amide bonds. The first-order chi connectivity index (χ1) is 17.9. The maximum absolute atomic E-state index is 16.1. The van der Waals surface area contributed by atoms with E-state index in [0.29, 0.717) is 24.4 Å². The van der Waals surface area contributed by atoms with Gasteiger partial charge in [0.05, 0.1) is 24.6 Å². The maximum atomic E-state index is 16.1. The van der Waals surface area contributed by atoms with Gasteiger partial charge in [-0.1, -0.05) is 87.5 Å². The minimum absolute atomic E-state index is 0.161. The van der Waals surface area contributed by atoms with Crippen molar-refractivity contribution in [2.24, 2.45) is 10.4 Å². The van der Waals surface area contributed by atoms with E-state index in [1.165, 1.54) is 6.07 Å². The van der Waals surface area contributed by atoms with E-state index in [0.717, 1.165) is 16.8 Å². The van der Waals surface area contributed by atoms with E-state index in [-0.39, 0.29) is 6.61 Å². The first-order valence-electron chi connectivity index (χ1n) is 13.0. The Hall–Kier alpha value is -3.51. The number of hydrogen-bond acceptors (Lipinski definition) is 4. The molecule has 6 heteroatoms. The van der Waals surface area contributed by atoms with Crippen molar-refractivity contribution < 1.29 is 18.7 Å². The van der Waals surface area contributed by atoms with Gasteiger partial charge in [0.25, 0.3) is 0 Å². The lowest BCUT2D eigenvalue weighted by Crippen LogP contribution is -2.63. The second kappa shape index (κ2) is 10.7. The van der Waals surface area contributed by atoms with Crippen LogP contribution in [0.3, 0.4) is 0 Å². The molecule has 38 heavy (non-hydrogen) atoms. The molecule has 1 saturated heterocycles. The molecular weight excluding hydrogens is 479 g/mol. The van der Waals surface area contributed by atoms with Crippen LogP contribution in [0.15, 0.2) is 83.9 Å². The van der Waals surface area contributed by atoms with E-state index in [1.807, 2.05) is 102 Å². The van der Waals surface area contributed by atoms with Crippen LogP contribution in [0.5, 0.6) is 0 Å². The number of morpholine rings is 1. The lowest BCUT2D eigenvalue weighted by atomic mass is 9.68. The largest absolute Gasteiger partial charge is 0.444 e. The van der Waals surface area contributed by atoms with Crippen LogP contribution < -0.4 is 0 Å². The van der Waals surface area contributed by atoms with Crippen LogP contribution in [0.1, 0.15) is 58.2 Å². The molecule has 1 atom stereocenters. The molecule has 200 valence electrons. The lowest BCUT2D eigenvalue weighted by molar-refractivity contribution is -0.123. The summed E-state index contributed by atoms with van der Waals surface area (Å²) < 4.78 is 27.8. The number of aliphatic imine (C=N–C) groups is 1. The van der Waals surface area contributed by atoms with Gasteiger partial charge in [-0.3, -0.25) is 4.90 Å². The summed E-state index contributed by atoms with van der Waals surface area (Å²) in [6.45, 7) is 12.3. The quantitative estimate of drug-likeness (QED) is 0.337. The van der Waals surface area contributed by atoms with Gasteiger partial charge in [-0.2, -0.15) is 0 Å². The van der Waals surface area contributed by atoms with Crippen LogP contribution in [0.2, 0.25) is 0 Å². The Morgan fingerprint density at radius 2 is 1.50 bits per heavy atom. The highest BCUT2D eigenvalue weighted by Gasteiger charge is 2.54. The molecule has 1 aliphatic rings. The molecule has 3 aromatic carbocycles. The average Bonchev–Trinajstić information content (AvgIpc) is 2.86. The van der Waals surface area contributed by atoms with Crippen LogP contribution in [0, 0.1) is 11.2 Å². The average molecular weight is 517 g/mol. The molecule has 5 nitrogen and oxygen atoms in total. The smallest absolute Gasteiger partial charge is 0.411 e. The van der Waals surface area contributed by atoms with E-state index < -0.39 is 28.5 Å². The van der Waals surface area contributed by atoms with Crippen LogP contribution in [0.4, 0.5) is 14.9 Å². The van der Waals surface area contributed by atoms with Gasteiger partial charge in [0.15, 0.2) is 0 Å². The van der Waals surface area contributed by atoms with Gasteiger partial charge in [0.1, 0.15) is 17.0 Å². The van der Waals surface area contributed by atoms with Crippen LogP contribution in [-0.4, -0.2) is 42.1 Å². The van der Waals surface area contributed by atoms with E-state index in [9.17, 15) is 4.79 Å². The van der Waals surface area contributed by atoms with Gasteiger partial charge in [0.2, 0.25) is 0 Å². The Kier molecular flexibility index (Phi) is 7.75. The van der Waals surface area contributed by atoms with Gasteiger partial charge < -0.3 is 9.47 Å². The van der Waals surface area contributed by atoms with Gasteiger partial charge in [0, 0.05) is 23.2 Å². The Bertz CT molecular complexity index is 1250. The molecule has 0 aromatic heterocycles. The highest BCUT2D eigenvalue weighted by molar-refractivity contribution is 6.13. The Morgan fingerprint density at radius 1 is 0.921 bits per heavy atom. The fourth-order valence-corrected chi connectivity index (χ4v) is 4.98. The number of carbonyl (C=O) groups excluding carboxylic acids is 1. The third-order valence-corrected chi connectivity index (χ3v) is 6.82. The van der Waals surface area contributed by atoms with E-state index in [1.54, 1.807) is 17.0 Å². The van der Waals surface area contributed by atoms with Crippen molar-refractivity contribution in [2.75, 3.05) is 19.8 Å². The highest BCUT2D eigenvalue weighted by atomic mass is 19.1. The summed E-state index contributed by atoms with van der Waals surface area (Å²) in [5, 5.41) is 0. The zero-order valence-electron chi connectivity index (χ0n) is 23.1. The number of hydrogen-bond donors (Lipinski definition) is 0. The number of amides is 1. The second-order valence-electron chi connectivity index (χ2n) is 11.7. The minimum Gasteiger partial charge on any atom is -0.444 e. The predicted octanol–water partition coefficient (Wildman–Crippen LogP) is 7.50. The molecule has 1 unspecified atom stereocenters. The number of nitrogens with zero attached hydrogens (tertiary/aromatic N) is 2. The normalized spacial score (nSPS) is 18.1. The van der Waals surface area contributed by atoms with Crippen molar-refractivity contribution in [2.45, 2.75) is 52.7 Å². The number of benzene rings is 3. The molecule has 0 N–H and O–H groups in total. The van der Waals surface area contributed by atoms with Crippen molar-refractivity contribution in [3.05, 3.63) is 101 Å². The highest BCUT2D eigenvalue weighted by Crippen LogP contribution is 2.48. The molecule has 0 radical (unpaired) electrons. The fourth-order valence-electron chi connectivity index (χ4n) is 4.98. The van der Waals surface area contributed by atoms with Crippen molar-refractivity contribution in [1.29, 1.82) is 0 Å². The molecule has 0 aliphatic carbocycles. The topological polar surface area (TPSA) is 51.1 Å². The lowest BCUT2D eigenvalue weighted by Gasteiger charge is -2.54. The van der Waals surface area contributed by atoms with Crippen molar-refractivity contribution in [3.8, 4) is 0 Å². The van der Waals surface area contributed by atoms with E-state index >= 15 is 4.39 Å². The van der Waals surface area contributed by atoms with Crippen LogP contribution in [-0.2, 0) is 15.0 Å². The molecule has 0 spiro atoms. The molecule has 1 fully saturated rings. The zero-order chi connectivity index (χ0) is 27.6. The summed E-state index contributed by atoms with van der Waals surface area (Å²) in [5.41, 5.74) is 1.18. The molecule has 3 aromatic rings. The second-order valence-corrected chi connectivity index (χ2v) is 11.7. The Labute approximate surface area is 225 Å². The summed E-state index contributed by atoms with van der Waals surface area (Å²) in [6, 6.07) is 24.7. The van der Waals surface area contributed by atoms with E-state index in [4.69, 9.17) is 14.5 Å². The van der Waals surface area contributed by atoms with Crippen molar-refractivity contribution >= 4 is 17.5 Å². The third kappa shape index (κ3) is 5.65. The van der Waals surface area contributed by atoms with Crippen LogP contribution >= 0.6 is 0 Å². The van der Waals surface area contributed by atoms with Crippen molar-refractivity contribution in [1.82, 2.24) is 4.90 Å². The summed E-state index contributed by atoms with van der Waals surface area (Å²) in [4.78, 5) is 19.9. The number of halogens is 1.